The van der Waals surface area contributed by atoms with Crippen molar-refractivity contribution in [2.24, 2.45) is 0 Å². The van der Waals surface area contributed by atoms with Gasteiger partial charge in [0.1, 0.15) is 5.82 Å². The number of hydrogen-bond donors (Lipinski definition) is 2. The van der Waals surface area contributed by atoms with Crippen molar-refractivity contribution in [3.05, 3.63) is 35.1 Å². The molecule has 1 saturated carbocycles. The van der Waals surface area contributed by atoms with Gasteiger partial charge in [0.25, 0.3) is 0 Å². The van der Waals surface area contributed by atoms with Crippen LogP contribution in [0.2, 0.25) is 0 Å². The zero-order valence-corrected chi connectivity index (χ0v) is 8.16. The molecule has 0 unspecified atom stereocenters. The maximum absolute atomic E-state index is 13.3. The van der Waals surface area contributed by atoms with E-state index in [1.54, 1.807) is 0 Å². The fourth-order valence-electron chi connectivity index (χ4n) is 1.38. The maximum atomic E-state index is 13.3. The molecular weight excluding hydrogens is 197 g/mol. The highest BCUT2D eigenvalue weighted by molar-refractivity contribution is 5.87. The van der Waals surface area contributed by atoms with E-state index in [9.17, 15) is 9.18 Å². The standard InChI is InChI=1S/C11H12FNO2/c12-10-4-1-7(11(14)15)5-8(10)6-13-9-2-3-9/h1,4-5,9,13H,2-3,6H2,(H,14,15). The number of benzene rings is 1. The van der Waals surface area contributed by atoms with Crippen LogP contribution in [0.4, 0.5) is 4.39 Å². The fraction of sp³-hybridized carbons (Fsp3) is 0.364. The van der Waals surface area contributed by atoms with Crippen molar-refractivity contribution in [1.29, 1.82) is 0 Å². The lowest BCUT2D eigenvalue weighted by Gasteiger charge is -2.05. The first-order chi connectivity index (χ1) is 7.16. The van der Waals surface area contributed by atoms with Crippen molar-refractivity contribution in [3.63, 3.8) is 0 Å². The van der Waals surface area contributed by atoms with E-state index in [2.05, 4.69) is 5.32 Å². The van der Waals surface area contributed by atoms with E-state index in [4.69, 9.17) is 5.11 Å². The summed E-state index contributed by atoms with van der Waals surface area (Å²) in [6.45, 7) is 0.400. The summed E-state index contributed by atoms with van der Waals surface area (Å²) in [5.41, 5.74) is 0.547. The molecule has 0 heterocycles. The Morgan fingerprint density at radius 2 is 2.27 bits per heavy atom. The lowest BCUT2D eigenvalue weighted by molar-refractivity contribution is 0.0696. The molecule has 1 aromatic rings. The van der Waals surface area contributed by atoms with Crippen LogP contribution in [0, 0.1) is 5.82 Å². The second kappa shape index (κ2) is 3.98. The number of halogens is 1. The molecule has 0 aliphatic heterocycles. The van der Waals surface area contributed by atoms with Crippen molar-refractivity contribution < 1.29 is 14.3 Å². The molecule has 1 aliphatic rings. The van der Waals surface area contributed by atoms with E-state index in [0.717, 1.165) is 12.8 Å². The Labute approximate surface area is 86.9 Å². The Bertz CT molecular complexity index is 388. The Balaban J connectivity index is 2.12. The smallest absolute Gasteiger partial charge is 0.335 e. The molecule has 0 saturated heterocycles. The van der Waals surface area contributed by atoms with Gasteiger partial charge < -0.3 is 10.4 Å². The second-order valence-electron chi connectivity index (χ2n) is 3.77. The van der Waals surface area contributed by atoms with Gasteiger partial charge in [-0.25, -0.2) is 9.18 Å². The summed E-state index contributed by atoms with van der Waals surface area (Å²) in [7, 11) is 0. The van der Waals surface area contributed by atoms with E-state index in [1.165, 1.54) is 18.2 Å². The van der Waals surface area contributed by atoms with Crippen LogP contribution < -0.4 is 5.32 Å². The predicted octanol–water partition coefficient (Wildman–Crippen LogP) is 1.78. The summed E-state index contributed by atoms with van der Waals surface area (Å²) in [5, 5.41) is 11.9. The highest BCUT2D eigenvalue weighted by Gasteiger charge is 2.20. The first kappa shape index (κ1) is 10.1. The third-order valence-corrected chi connectivity index (χ3v) is 2.45. The molecule has 2 rings (SSSR count). The molecule has 3 nitrogen and oxygen atoms in total. The van der Waals surface area contributed by atoms with Crippen LogP contribution in [0.3, 0.4) is 0 Å². The minimum Gasteiger partial charge on any atom is -0.478 e. The number of nitrogens with one attached hydrogen (secondary N) is 1. The van der Waals surface area contributed by atoms with Crippen LogP contribution in [0.25, 0.3) is 0 Å². The molecule has 0 bridgehead atoms. The molecule has 0 radical (unpaired) electrons. The first-order valence-corrected chi connectivity index (χ1v) is 4.92. The molecule has 4 heteroatoms. The van der Waals surface area contributed by atoms with Crippen LogP contribution in [-0.2, 0) is 6.54 Å². The average molecular weight is 209 g/mol. The van der Waals surface area contributed by atoms with Gasteiger partial charge in [-0.3, -0.25) is 0 Å². The summed E-state index contributed by atoms with van der Waals surface area (Å²) in [5.74, 6) is -1.38. The molecule has 0 atom stereocenters. The molecule has 80 valence electrons. The monoisotopic (exact) mass is 209 g/mol. The number of hydrogen-bond acceptors (Lipinski definition) is 2. The third-order valence-electron chi connectivity index (χ3n) is 2.45. The maximum Gasteiger partial charge on any atom is 0.335 e. The van der Waals surface area contributed by atoms with Gasteiger partial charge in [0.2, 0.25) is 0 Å². The molecule has 1 fully saturated rings. The normalized spacial score (nSPS) is 15.3. The lowest BCUT2D eigenvalue weighted by atomic mass is 10.1. The van der Waals surface area contributed by atoms with Crippen molar-refractivity contribution in [3.8, 4) is 0 Å². The minimum absolute atomic E-state index is 0.129. The van der Waals surface area contributed by atoms with E-state index in [-0.39, 0.29) is 11.4 Å². The Kier molecular flexibility index (Phi) is 2.68. The van der Waals surface area contributed by atoms with Crippen molar-refractivity contribution in [2.75, 3.05) is 0 Å². The molecule has 2 N–H and O–H groups in total. The molecular formula is C11H12FNO2. The van der Waals surface area contributed by atoms with Gasteiger partial charge in [-0.05, 0) is 31.0 Å². The van der Waals surface area contributed by atoms with Crippen LogP contribution in [-0.4, -0.2) is 17.1 Å². The molecule has 0 spiro atoms. The fourth-order valence-corrected chi connectivity index (χ4v) is 1.38. The third kappa shape index (κ3) is 2.53. The Morgan fingerprint density at radius 1 is 1.53 bits per heavy atom. The van der Waals surface area contributed by atoms with Crippen molar-refractivity contribution >= 4 is 5.97 Å². The first-order valence-electron chi connectivity index (χ1n) is 4.92. The molecule has 1 aromatic carbocycles. The second-order valence-corrected chi connectivity index (χ2v) is 3.77. The number of carboxylic acid groups (broad SMARTS) is 1. The zero-order chi connectivity index (χ0) is 10.8. The number of carboxylic acids is 1. The lowest BCUT2D eigenvalue weighted by Crippen LogP contribution is -2.16. The number of aromatic carboxylic acids is 1. The summed E-state index contributed by atoms with van der Waals surface area (Å²) in [6, 6.07) is 4.34. The van der Waals surface area contributed by atoms with E-state index in [0.29, 0.717) is 18.2 Å². The van der Waals surface area contributed by atoms with Gasteiger partial charge in [0.05, 0.1) is 5.56 Å². The average Bonchev–Trinajstić information content (AvgIpc) is 3.00. The van der Waals surface area contributed by atoms with E-state index < -0.39 is 5.97 Å². The van der Waals surface area contributed by atoms with Crippen molar-refractivity contribution in [2.45, 2.75) is 25.4 Å². The summed E-state index contributed by atoms with van der Waals surface area (Å²) >= 11 is 0. The summed E-state index contributed by atoms with van der Waals surface area (Å²) in [6.07, 6.45) is 2.25. The van der Waals surface area contributed by atoms with Crippen LogP contribution >= 0.6 is 0 Å². The van der Waals surface area contributed by atoms with Crippen molar-refractivity contribution in [1.82, 2.24) is 5.32 Å². The number of carbonyl (C=O) groups is 1. The van der Waals surface area contributed by atoms with Crippen LogP contribution in [0.15, 0.2) is 18.2 Å². The van der Waals surface area contributed by atoms with Gasteiger partial charge >= 0.3 is 5.97 Å². The van der Waals surface area contributed by atoms with Crippen LogP contribution in [0.1, 0.15) is 28.8 Å². The zero-order valence-electron chi connectivity index (χ0n) is 8.16. The van der Waals surface area contributed by atoms with Crippen LogP contribution in [0.5, 0.6) is 0 Å². The molecule has 1 aliphatic carbocycles. The van der Waals surface area contributed by atoms with Gasteiger partial charge in [-0.15, -0.1) is 0 Å². The molecule has 0 amide bonds. The molecule has 0 aromatic heterocycles. The van der Waals surface area contributed by atoms with E-state index in [1.807, 2.05) is 0 Å². The number of rotatable bonds is 4. The van der Waals surface area contributed by atoms with Gasteiger partial charge in [0.15, 0.2) is 0 Å². The largest absolute Gasteiger partial charge is 0.478 e. The summed E-state index contributed by atoms with van der Waals surface area (Å²) in [4.78, 5) is 10.7. The highest BCUT2D eigenvalue weighted by atomic mass is 19.1. The van der Waals surface area contributed by atoms with E-state index >= 15 is 0 Å². The summed E-state index contributed by atoms with van der Waals surface area (Å²) < 4.78 is 13.3. The van der Waals surface area contributed by atoms with Gasteiger partial charge in [-0.2, -0.15) is 0 Å². The quantitative estimate of drug-likeness (QED) is 0.794. The highest BCUT2D eigenvalue weighted by Crippen LogP contribution is 2.20. The minimum atomic E-state index is -1.03. The Morgan fingerprint density at radius 3 is 2.87 bits per heavy atom. The topological polar surface area (TPSA) is 49.3 Å². The SMILES string of the molecule is O=C(O)c1ccc(F)c(CNC2CC2)c1. The van der Waals surface area contributed by atoms with Gasteiger partial charge in [-0.1, -0.05) is 0 Å². The Hall–Kier alpha value is -1.42. The molecule has 15 heavy (non-hydrogen) atoms. The predicted molar refractivity (Wildman–Crippen MR) is 53.2 cm³/mol. The van der Waals surface area contributed by atoms with Gasteiger partial charge in [0, 0.05) is 18.2 Å².